The topological polar surface area (TPSA) is 37.0 Å². The number of methoxy groups -OCH3 is 1. The Labute approximate surface area is 115 Å². The standard InChI is InChI=1S/C14H17BrN2O/c1-18-9-5-6-10-12(8-9)17-14(13(10)15)11-4-2-3-7-16-11/h5-6,8,11,16-17H,2-4,7H2,1H3. The molecule has 0 aliphatic carbocycles. The van der Waals surface area contributed by atoms with Gasteiger partial charge in [-0.2, -0.15) is 0 Å². The Balaban J connectivity index is 2.04. The van der Waals surface area contributed by atoms with Crippen molar-refractivity contribution in [2.75, 3.05) is 13.7 Å². The maximum absolute atomic E-state index is 5.27. The van der Waals surface area contributed by atoms with Crippen LogP contribution in [0.1, 0.15) is 31.0 Å². The summed E-state index contributed by atoms with van der Waals surface area (Å²) >= 11 is 3.72. The normalized spacial score (nSPS) is 20.2. The first-order chi connectivity index (χ1) is 8.79. The van der Waals surface area contributed by atoms with Gasteiger partial charge in [0.1, 0.15) is 5.75 Å². The second kappa shape index (κ2) is 4.94. The number of halogens is 1. The molecule has 1 saturated heterocycles. The third kappa shape index (κ3) is 2.04. The van der Waals surface area contributed by atoms with Gasteiger partial charge < -0.3 is 15.0 Å². The van der Waals surface area contributed by atoms with E-state index in [2.05, 4.69) is 32.3 Å². The van der Waals surface area contributed by atoms with Crippen molar-refractivity contribution in [1.82, 2.24) is 10.3 Å². The maximum atomic E-state index is 5.27. The van der Waals surface area contributed by atoms with E-state index in [9.17, 15) is 0 Å². The lowest BCUT2D eigenvalue weighted by atomic mass is 10.0. The van der Waals surface area contributed by atoms with Crippen molar-refractivity contribution in [3.8, 4) is 5.75 Å². The molecule has 1 aromatic carbocycles. The predicted molar refractivity (Wildman–Crippen MR) is 77.1 cm³/mol. The molecule has 0 radical (unpaired) electrons. The highest BCUT2D eigenvalue weighted by Gasteiger charge is 2.20. The molecule has 2 aromatic rings. The fourth-order valence-corrected chi connectivity index (χ4v) is 3.35. The fourth-order valence-electron chi connectivity index (χ4n) is 2.63. The maximum Gasteiger partial charge on any atom is 0.120 e. The van der Waals surface area contributed by atoms with Crippen molar-refractivity contribution in [3.63, 3.8) is 0 Å². The number of benzene rings is 1. The number of piperidine rings is 1. The van der Waals surface area contributed by atoms with Gasteiger partial charge >= 0.3 is 0 Å². The molecule has 0 bridgehead atoms. The molecule has 0 saturated carbocycles. The van der Waals surface area contributed by atoms with Crippen molar-refractivity contribution in [2.45, 2.75) is 25.3 Å². The molecule has 1 unspecified atom stereocenters. The minimum Gasteiger partial charge on any atom is -0.497 e. The molecular formula is C14H17BrN2O. The molecule has 1 atom stereocenters. The zero-order valence-electron chi connectivity index (χ0n) is 10.4. The van der Waals surface area contributed by atoms with E-state index in [4.69, 9.17) is 4.74 Å². The van der Waals surface area contributed by atoms with Crippen molar-refractivity contribution in [1.29, 1.82) is 0 Å². The molecule has 0 spiro atoms. The van der Waals surface area contributed by atoms with Gasteiger partial charge in [0, 0.05) is 27.7 Å². The summed E-state index contributed by atoms with van der Waals surface area (Å²) in [7, 11) is 1.70. The number of hydrogen-bond donors (Lipinski definition) is 2. The van der Waals surface area contributed by atoms with E-state index in [0.717, 1.165) is 17.8 Å². The summed E-state index contributed by atoms with van der Waals surface area (Å²) in [6.07, 6.45) is 3.77. The van der Waals surface area contributed by atoms with Crippen LogP contribution in [-0.2, 0) is 0 Å². The first-order valence-corrected chi connectivity index (χ1v) is 7.17. The zero-order valence-corrected chi connectivity index (χ0v) is 12.0. The number of H-pyrrole nitrogens is 1. The molecule has 1 aliphatic heterocycles. The van der Waals surface area contributed by atoms with E-state index in [-0.39, 0.29) is 0 Å². The fraction of sp³-hybridized carbons (Fsp3) is 0.429. The number of aromatic amines is 1. The molecule has 1 fully saturated rings. The molecule has 4 heteroatoms. The Kier molecular flexibility index (Phi) is 3.31. The van der Waals surface area contributed by atoms with Gasteiger partial charge in [-0.1, -0.05) is 6.42 Å². The first kappa shape index (κ1) is 12.1. The van der Waals surface area contributed by atoms with Gasteiger partial charge in [-0.15, -0.1) is 0 Å². The Morgan fingerprint density at radius 1 is 1.33 bits per heavy atom. The Morgan fingerprint density at radius 3 is 2.94 bits per heavy atom. The highest BCUT2D eigenvalue weighted by atomic mass is 79.9. The third-order valence-corrected chi connectivity index (χ3v) is 4.48. The van der Waals surface area contributed by atoms with Crippen LogP contribution in [0.2, 0.25) is 0 Å². The lowest BCUT2D eigenvalue weighted by Gasteiger charge is -2.22. The van der Waals surface area contributed by atoms with Gasteiger partial charge in [0.05, 0.1) is 12.6 Å². The summed E-state index contributed by atoms with van der Waals surface area (Å²) in [5.41, 5.74) is 2.39. The zero-order chi connectivity index (χ0) is 12.5. The van der Waals surface area contributed by atoms with Crippen LogP contribution in [-0.4, -0.2) is 18.6 Å². The summed E-state index contributed by atoms with van der Waals surface area (Å²) in [4.78, 5) is 3.52. The highest BCUT2D eigenvalue weighted by molar-refractivity contribution is 9.10. The molecule has 3 rings (SSSR count). The molecule has 2 N–H and O–H groups in total. The largest absolute Gasteiger partial charge is 0.497 e. The molecule has 0 amide bonds. The summed E-state index contributed by atoms with van der Waals surface area (Å²) in [6.45, 7) is 1.11. The van der Waals surface area contributed by atoms with Gasteiger partial charge in [0.2, 0.25) is 0 Å². The molecule has 96 valence electrons. The van der Waals surface area contributed by atoms with E-state index in [0.29, 0.717) is 6.04 Å². The van der Waals surface area contributed by atoms with Crippen LogP contribution < -0.4 is 10.1 Å². The van der Waals surface area contributed by atoms with Crippen LogP contribution >= 0.6 is 15.9 Å². The van der Waals surface area contributed by atoms with Gasteiger partial charge in [-0.05, 0) is 47.4 Å². The first-order valence-electron chi connectivity index (χ1n) is 6.38. The van der Waals surface area contributed by atoms with Crippen molar-refractivity contribution in [2.24, 2.45) is 0 Å². The molecule has 1 aromatic heterocycles. The molecule has 18 heavy (non-hydrogen) atoms. The monoisotopic (exact) mass is 308 g/mol. The van der Waals surface area contributed by atoms with E-state index in [1.54, 1.807) is 7.11 Å². The smallest absolute Gasteiger partial charge is 0.120 e. The summed E-state index contributed by atoms with van der Waals surface area (Å²) < 4.78 is 6.45. The third-order valence-electron chi connectivity index (χ3n) is 3.63. The van der Waals surface area contributed by atoms with E-state index >= 15 is 0 Å². The molecule has 2 heterocycles. The lowest BCUT2D eigenvalue weighted by molar-refractivity contribution is 0.406. The van der Waals surface area contributed by atoms with Gasteiger partial charge in [0.15, 0.2) is 0 Å². The summed E-state index contributed by atoms with van der Waals surface area (Å²) in [5.74, 6) is 0.888. The summed E-state index contributed by atoms with van der Waals surface area (Å²) in [5, 5.41) is 4.79. The molecular weight excluding hydrogens is 292 g/mol. The van der Waals surface area contributed by atoms with Crippen LogP contribution in [0.15, 0.2) is 22.7 Å². The van der Waals surface area contributed by atoms with Crippen molar-refractivity contribution in [3.05, 3.63) is 28.4 Å². The second-order valence-corrected chi connectivity index (χ2v) is 5.56. The van der Waals surface area contributed by atoms with Crippen LogP contribution in [0.25, 0.3) is 10.9 Å². The van der Waals surface area contributed by atoms with Gasteiger partial charge in [-0.3, -0.25) is 0 Å². The van der Waals surface area contributed by atoms with Crippen LogP contribution in [0.5, 0.6) is 5.75 Å². The molecule has 3 nitrogen and oxygen atoms in total. The molecule has 1 aliphatic rings. The number of fused-ring (bicyclic) bond motifs is 1. The van der Waals surface area contributed by atoms with Crippen LogP contribution in [0.3, 0.4) is 0 Å². The number of ether oxygens (including phenoxy) is 1. The van der Waals surface area contributed by atoms with Gasteiger partial charge in [-0.25, -0.2) is 0 Å². The van der Waals surface area contributed by atoms with Gasteiger partial charge in [0.25, 0.3) is 0 Å². The highest BCUT2D eigenvalue weighted by Crippen LogP contribution is 2.35. The van der Waals surface area contributed by atoms with Crippen molar-refractivity contribution < 1.29 is 4.74 Å². The SMILES string of the molecule is COc1ccc2c(Br)c(C3CCCCN3)[nH]c2c1. The minimum absolute atomic E-state index is 0.437. The van der Waals surface area contributed by atoms with Crippen LogP contribution in [0, 0.1) is 0 Å². The second-order valence-electron chi connectivity index (χ2n) is 4.77. The van der Waals surface area contributed by atoms with E-state index in [1.165, 1.54) is 34.8 Å². The Morgan fingerprint density at radius 2 is 2.22 bits per heavy atom. The minimum atomic E-state index is 0.437. The Hall–Kier alpha value is -1.00. The van der Waals surface area contributed by atoms with Crippen molar-refractivity contribution >= 4 is 26.8 Å². The lowest BCUT2D eigenvalue weighted by Crippen LogP contribution is -2.27. The van der Waals surface area contributed by atoms with E-state index < -0.39 is 0 Å². The van der Waals surface area contributed by atoms with E-state index in [1.807, 2.05) is 12.1 Å². The Bertz CT molecular complexity index is 558. The average Bonchev–Trinajstić information content (AvgIpc) is 2.76. The average molecular weight is 309 g/mol. The summed E-state index contributed by atoms with van der Waals surface area (Å²) in [6, 6.07) is 6.58. The number of nitrogens with one attached hydrogen (secondary N) is 2. The number of hydrogen-bond acceptors (Lipinski definition) is 2. The number of rotatable bonds is 2. The quantitative estimate of drug-likeness (QED) is 0.886. The van der Waals surface area contributed by atoms with Crippen LogP contribution in [0.4, 0.5) is 0 Å². The number of aromatic nitrogens is 1. The predicted octanol–water partition coefficient (Wildman–Crippen LogP) is 3.75.